The molecule has 0 bridgehead atoms. The Balaban J connectivity index is 1.23. The van der Waals surface area contributed by atoms with E-state index in [1.165, 1.54) is 55.6 Å². The van der Waals surface area contributed by atoms with Crippen LogP contribution in [0.5, 0.6) is 0 Å². The molecule has 0 N–H and O–H groups in total. The summed E-state index contributed by atoms with van der Waals surface area (Å²) in [6.45, 7) is 4.77. The van der Waals surface area contributed by atoms with Crippen molar-refractivity contribution in [3.63, 3.8) is 0 Å². The average molecular weight is 642 g/mol. The first-order valence-corrected chi connectivity index (χ1v) is 17.3. The van der Waals surface area contributed by atoms with Gasteiger partial charge in [0.05, 0.1) is 27.6 Å². The molecule has 0 radical (unpaired) electrons. The lowest BCUT2D eigenvalue weighted by atomic mass is 9.64. The van der Waals surface area contributed by atoms with Crippen LogP contribution in [0.3, 0.4) is 0 Å². The van der Waals surface area contributed by atoms with Crippen LogP contribution in [0.15, 0.2) is 161 Å². The fourth-order valence-corrected chi connectivity index (χ4v) is 9.67. The van der Waals surface area contributed by atoms with Crippen LogP contribution in [0, 0.1) is 0 Å². The number of anilines is 3. The van der Waals surface area contributed by atoms with Gasteiger partial charge in [-0.05, 0) is 98.1 Å². The van der Waals surface area contributed by atoms with Gasteiger partial charge in [0, 0.05) is 11.1 Å². The Kier molecular flexibility index (Phi) is 5.26. The van der Waals surface area contributed by atoms with E-state index in [1.54, 1.807) is 0 Å². The van der Waals surface area contributed by atoms with Crippen molar-refractivity contribution in [3.05, 3.63) is 195 Å². The molecule has 50 heavy (non-hydrogen) atoms. The van der Waals surface area contributed by atoms with E-state index in [2.05, 4.69) is 134 Å². The van der Waals surface area contributed by atoms with E-state index in [0.29, 0.717) is 21.9 Å². The summed E-state index contributed by atoms with van der Waals surface area (Å²) in [6, 6.07) is 53.9. The number of para-hydroxylation sites is 3. The third-order valence-corrected chi connectivity index (χ3v) is 11.6. The van der Waals surface area contributed by atoms with Crippen molar-refractivity contribution < 1.29 is 4.42 Å². The minimum Gasteiger partial charge on any atom is -0.456 e. The molecule has 3 nitrogen and oxygen atoms in total. The largest absolute Gasteiger partial charge is 0.456 e. The Morgan fingerprint density at radius 3 is 1.86 bits per heavy atom. The smallest absolute Gasteiger partial charge is 0.200 e. The van der Waals surface area contributed by atoms with Gasteiger partial charge in [-0.1, -0.05) is 123 Å². The van der Waals surface area contributed by atoms with Gasteiger partial charge >= 0.3 is 0 Å². The molecule has 0 amide bonds. The second kappa shape index (κ2) is 9.49. The van der Waals surface area contributed by atoms with Crippen molar-refractivity contribution in [1.29, 1.82) is 0 Å². The van der Waals surface area contributed by atoms with Gasteiger partial charge in [-0.25, -0.2) is 0 Å². The lowest BCUT2D eigenvalue weighted by molar-refractivity contribution is 0.659. The van der Waals surface area contributed by atoms with Gasteiger partial charge in [0.15, 0.2) is 0 Å². The van der Waals surface area contributed by atoms with E-state index in [0.717, 1.165) is 17.1 Å². The van der Waals surface area contributed by atoms with Crippen molar-refractivity contribution in [2.75, 3.05) is 4.90 Å². The number of fused-ring (bicyclic) bond motifs is 15. The Bertz CT molecular complexity index is 2790. The standard InChI is InChI=1S/C47H31NO2/c1-46(2)34-16-6-3-13-29(34)30-24-25-38-43(44(30)46)31-14-4-7-17-35(31)47(38)36-18-8-10-20-39(36)48(40-21-11-9-19-37(40)47)28-23-26-42-33(27-28)45(49)32-15-5-12-22-41(32)50-42/h3-27H,1-2H3. The van der Waals surface area contributed by atoms with Crippen molar-refractivity contribution in [2.45, 2.75) is 24.7 Å². The molecule has 0 saturated carbocycles. The SMILES string of the molecule is CC1(C)c2ccccc2-c2ccc3c(c21)-c1ccccc1C31c2ccccc2N(c2ccc3oc4ccccc4c(=O)c3c2)c2ccccc21. The van der Waals surface area contributed by atoms with Crippen LogP contribution >= 0.6 is 0 Å². The summed E-state index contributed by atoms with van der Waals surface area (Å²) in [7, 11) is 0. The summed E-state index contributed by atoms with van der Waals surface area (Å²) in [6.07, 6.45) is 0. The summed E-state index contributed by atoms with van der Waals surface area (Å²) in [5.41, 5.74) is 16.8. The lowest BCUT2D eigenvalue weighted by Gasteiger charge is -2.45. The van der Waals surface area contributed by atoms with Gasteiger partial charge in [-0.3, -0.25) is 4.79 Å². The van der Waals surface area contributed by atoms with Gasteiger partial charge in [-0.15, -0.1) is 0 Å². The van der Waals surface area contributed by atoms with Gasteiger partial charge in [0.1, 0.15) is 11.2 Å². The molecular weight excluding hydrogens is 611 g/mol. The first-order valence-electron chi connectivity index (χ1n) is 17.3. The zero-order valence-electron chi connectivity index (χ0n) is 27.7. The zero-order valence-corrected chi connectivity index (χ0v) is 27.7. The predicted octanol–water partition coefficient (Wildman–Crippen LogP) is 11.4. The van der Waals surface area contributed by atoms with Crippen molar-refractivity contribution in [3.8, 4) is 22.3 Å². The van der Waals surface area contributed by atoms with E-state index >= 15 is 0 Å². The highest BCUT2D eigenvalue weighted by atomic mass is 16.3. The predicted molar refractivity (Wildman–Crippen MR) is 203 cm³/mol. The van der Waals surface area contributed by atoms with Crippen LogP contribution in [0.2, 0.25) is 0 Å². The Labute approximate surface area is 289 Å². The molecule has 1 spiro atoms. The number of hydrogen-bond acceptors (Lipinski definition) is 3. The van der Waals surface area contributed by atoms with Crippen molar-refractivity contribution in [1.82, 2.24) is 0 Å². The molecule has 7 aromatic carbocycles. The van der Waals surface area contributed by atoms with Gasteiger partial charge < -0.3 is 9.32 Å². The van der Waals surface area contributed by atoms with E-state index in [4.69, 9.17) is 4.42 Å². The highest BCUT2D eigenvalue weighted by molar-refractivity contribution is 6.01. The average Bonchev–Trinajstić information content (AvgIpc) is 3.58. The van der Waals surface area contributed by atoms with Crippen molar-refractivity contribution in [2.24, 2.45) is 0 Å². The zero-order chi connectivity index (χ0) is 33.4. The summed E-state index contributed by atoms with van der Waals surface area (Å²) >= 11 is 0. The first-order chi connectivity index (χ1) is 24.5. The van der Waals surface area contributed by atoms with Gasteiger partial charge in [0.25, 0.3) is 0 Å². The summed E-state index contributed by atoms with van der Waals surface area (Å²) in [4.78, 5) is 16.2. The minimum absolute atomic E-state index is 0.0186. The molecule has 3 heteroatoms. The molecule has 236 valence electrons. The number of benzene rings is 7. The maximum absolute atomic E-state index is 13.8. The Hall–Kier alpha value is -6.19. The van der Waals surface area contributed by atoms with Crippen LogP contribution in [0.4, 0.5) is 17.1 Å². The lowest BCUT2D eigenvalue weighted by Crippen LogP contribution is -2.36. The Morgan fingerprint density at radius 1 is 0.500 bits per heavy atom. The molecule has 1 aromatic heterocycles. The summed E-state index contributed by atoms with van der Waals surface area (Å²) in [5, 5.41) is 1.16. The third kappa shape index (κ3) is 3.23. The second-order valence-electron chi connectivity index (χ2n) is 14.4. The molecule has 2 heterocycles. The second-order valence-corrected chi connectivity index (χ2v) is 14.4. The molecule has 0 unspecified atom stereocenters. The van der Waals surface area contributed by atoms with Crippen LogP contribution in [-0.2, 0) is 10.8 Å². The maximum Gasteiger partial charge on any atom is 0.200 e. The molecule has 0 fully saturated rings. The van der Waals surface area contributed by atoms with E-state index in [-0.39, 0.29) is 10.8 Å². The summed E-state index contributed by atoms with van der Waals surface area (Å²) < 4.78 is 6.22. The quantitative estimate of drug-likeness (QED) is 0.167. The van der Waals surface area contributed by atoms with Gasteiger partial charge in [-0.2, -0.15) is 0 Å². The monoisotopic (exact) mass is 641 g/mol. The van der Waals surface area contributed by atoms with E-state index in [1.807, 2.05) is 36.4 Å². The highest BCUT2D eigenvalue weighted by Gasteiger charge is 2.54. The van der Waals surface area contributed by atoms with Crippen molar-refractivity contribution >= 4 is 39.0 Å². The maximum atomic E-state index is 13.8. The van der Waals surface area contributed by atoms with Crippen LogP contribution in [-0.4, -0.2) is 0 Å². The molecule has 3 aliphatic rings. The van der Waals surface area contributed by atoms with E-state index < -0.39 is 5.41 Å². The summed E-state index contributed by atoms with van der Waals surface area (Å²) in [5.74, 6) is 0. The van der Waals surface area contributed by atoms with Crippen LogP contribution in [0.25, 0.3) is 44.2 Å². The molecule has 11 rings (SSSR count). The first kappa shape index (κ1) is 27.7. The fraction of sp³-hybridized carbons (Fsp3) is 0.0851. The number of nitrogens with zero attached hydrogens (tertiary/aromatic N) is 1. The Morgan fingerprint density at radius 2 is 1.10 bits per heavy atom. The number of rotatable bonds is 1. The van der Waals surface area contributed by atoms with Gasteiger partial charge in [0.2, 0.25) is 5.43 Å². The topological polar surface area (TPSA) is 33.5 Å². The highest BCUT2D eigenvalue weighted by Crippen LogP contribution is 2.66. The molecule has 2 aliphatic carbocycles. The third-order valence-electron chi connectivity index (χ3n) is 11.6. The van der Waals surface area contributed by atoms with Crippen LogP contribution in [0.1, 0.15) is 47.2 Å². The van der Waals surface area contributed by atoms with E-state index in [9.17, 15) is 4.79 Å². The van der Waals surface area contributed by atoms with Crippen LogP contribution < -0.4 is 10.3 Å². The molecule has 0 atom stereocenters. The molecular formula is C47H31NO2. The fourth-order valence-electron chi connectivity index (χ4n) is 9.67. The molecule has 0 saturated heterocycles. The number of hydrogen-bond donors (Lipinski definition) is 0. The molecule has 8 aromatic rings. The molecule has 1 aliphatic heterocycles. The minimum atomic E-state index is -0.540. The normalized spacial score (nSPS) is 15.4.